The summed E-state index contributed by atoms with van der Waals surface area (Å²) in [7, 11) is 0. The van der Waals surface area contributed by atoms with Gasteiger partial charge < -0.3 is 20.1 Å². The molecule has 0 aliphatic heterocycles. The number of esters is 1. The van der Waals surface area contributed by atoms with E-state index in [0.717, 1.165) is 51.4 Å². The number of aliphatic hydroxyl groups is 2. The Hall–Kier alpha value is -1.89. The molecule has 0 radical (unpaired) electrons. The first-order valence-electron chi connectivity index (χ1n) is 22.7. The Morgan fingerprint density at radius 3 is 2.11 bits per heavy atom. The van der Waals surface area contributed by atoms with Gasteiger partial charge in [0.05, 0.1) is 12.2 Å². The number of ether oxygens (including phenoxy) is 1. The second kappa shape index (κ2) is 26.2. The topological polar surface area (TPSA) is 104 Å². The van der Waals surface area contributed by atoms with Gasteiger partial charge in [0.15, 0.2) is 0 Å². The molecule has 0 aromatic heterocycles. The quantitative estimate of drug-likeness (QED) is 0.0290. The van der Waals surface area contributed by atoms with E-state index in [1.807, 2.05) is 13.0 Å². The van der Waals surface area contributed by atoms with Gasteiger partial charge in [-0.3, -0.25) is 4.79 Å². The number of carbonyl (C=O) groups excluding carboxylic acids is 1. The molecule has 0 spiro atoms. The molecule has 3 N–H and O–H groups in total. The lowest BCUT2D eigenvalue weighted by molar-refractivity contribution is -0.155. The average Bonchev–Trinajstić information content (AvgIpc) is 3.42. The minimum absolute atomic E-state index is 0.0264. The van der Waals surface area contributed by atoms with Crippen LogP contribution in [0.4, 0.5) is 0 Å². The molecule has 0 saturated heterocycles. The highest BCUT2D eigenvalue weighted by Crippen LogP contribution is 2.48. The fraction of sp³-hybridized carbons (Fsp3) is 0.792. The number of carboxylic acids is 1. The smallest absolute Gasteiger partial charge is 0.331 e. The standard InChI is InChI=1S/C48H79ClO6/c1-4-7-8-9-10-11-12-13-14-15-16-17-20-23-32-48(33-25-27-38(37-48)46(53)54)44(5-2)55-45(52)31-22-19-18-21-28-39-40(42(50)36-41(39)49)29-24-30-43(51)47(6-3)34-26-35-47/h18,21,24-25,27,29,33,39-44,50-51H,4-17,19-20,22-23,26,28,30-32,34-37H2,1-3H3,(H,53,54)/b21-18-,29-24+/t39-,40-,41-,42-,43+,44?,48?/m1/s1. The molecule has 0 amide bonds. The van der Waals surface area contributed by atoms with Crippen LogP contribution in [0.1, 0.15) is 194 Å². The molecule has 55 heavy (non-hydrogen) atoms. The second-order valence-electron chi connectivity index (χ2n) is 17.4. The van der Waals surface area contributed by atoms with Crippen molar-refractivity contribution in [3.63, 3.8) is 0 Å². The van der Waals surface area contributed by atoms with E-state index in [-0.39, 0.29) is 40.8 Å². The summed E-state index contributed by atoms with van der Waals surface area (Å²) in [6, 6.07) is 0. The number of alkyl halides is 1. The second-order valence-corrected chi connectivity index (χ2v) is 18.0. The van der Waals surface area contributed by atoms with Crippen molar-refractivity contribution in [2.24, 2.45) is 22.7 Å². The summed E-state index contributed by atoms with van der Waals surface area (Å²) in [5.74, 6) is -1.02. The lowest BCUT2D eigenvalue weighted by Crippen LogP contribution is -2.40. The molecular formula is C48H79ClO6. The van der Waals surface area contributed by atoms with Crippen molar-refractivity contribution in [2.45, 2.75) is 218 Å². The van der Waals surface area contributed by atoms with Crippen LogP contribution in [0.5, 0.6) is 0 Å². The summed E-state index contributed by atoms with van der Waals surface area (Å²) in [6.45, 7) is 6.47. The Bertz CT molecular complexity index is 1210. The van der Waals surface area contributed by atoms with Gasteiger partial charge in [-0.2, -0.15) is 0 Å². The van der Waals surface area contributed by atoms with E-state index in [1.165, 1.54) is 83.5 Å². The van der Waals surface area contributed by atoms with Crippen molar-refractivity contribution < 1.29 is 29.6 Å². The summed E-state index contributed by atoms with van der Waals surface area (Å²) in [4.78, 5) is 25.2. The molecule has 7 atom stereocenters. The Morgan fingerprint density at radius 1 is 0.909 bits per heavy atom. The third-order valence-corrected chi connectivity index (χ3v) is 14.0. The maximum atomic E-state index is 13.2. The van der Waals surface area contributed by atoms with E-state index in [2.05, 4.69) is 44.2 Å². The van der Waals surface area contributed by atoms with Crippen molar-refractivity contribution in [3.8, 4) is 0 Å². The molecule has 6 nitrogen and oxygen atoms in total. The first-order chi connectivity index (χ1) is 26.6. The fourth-order valence-electron chi connectivity index (χ4n) is 9.57. The summed E-state index contributed by atoms with van der Waals surface area (Å²) in [6.07, 6.45) is 40.9. The molecule has 7 heteroatoms. The van der Waals surface area contributed by atoms with Crippen LogP contribution in [-0.2, 0) is 14.3 Å². The Kier molecular flexibility index (Phi) is 22.6. The van der Waals surface area contributed by atoms with Crippen LogP contribution in [0.25, 0.3) is 0 Å². The fourth-order valence-corrected chi connectivity index (χ4v) is 10.0. The molecule has 0 aromatic carbocycles. The van der Waals surface area contributed by atoms with Crippen molar-refractivity contribution in [2.75, 3.05) is 0 Å². The summed E-state index contributed by atoms with van der Waals surface area (Å²) < 4.78 is 6.16. The predicted molar refractivity (Wildman–Crippen MR) is 228 cm³/mol. The van der Waals surface area contributed by atoms with Crippen LogP contribution in [0.2, 0.25) is 0 Å². The van der Waals surface area contributed by atoms with Crippen molar-refractivity contribution in [3.05, 3.63) is 48.1 Å². The summed E-state index contributed by atoms with van der Waals surface area (Å²) in [5.41, 5.74) is -0.0397. The Balaban J connectivity index is 1.39. The van der Waals surface area contributed by atoms with Gasteiger partial charge in [0.25, 0.3) is 0 Å². The molecule has 3 rings (SSSR count). The molecule has 3 aliphatic carbocycles. The zero-order chi connectivity index (χ0) is 39.9. The van der Waals surface area contributed by atoms with Gasteiger partial charge in [-0.1, -0.05) is 160 Å². The number of carbonyl (C=O) groups is 2. The van der Waals surface area contributed by atoms with Gasteiger partial charge in [-0.15, -0.1) is 11.6 Å². The largest absolute Gasteiger partial charge is 0.478 e. The van der Waals surface area contributed by atoms with Crippen LogP contribution in [0.3, 0.4) is 0 Å². The minimum atomic E-state index is -0.898. The number of halogens is 1. The lowest BCUT2D eigenvalue weighted by atomic mass is 9.63. The van der Waals surface area contributed by atoms with E-state index in [9.17, 15) is 24.9 Å². The lowest BCUT2D eigenvalue weighted by Gasteiger charge is -2.45. The number of aliphatic hydroxyl groups excluding tert-OH is 2. The Labute approximate surface area is 340 Å². The number of allylic oxidation sites excluding steroid dienone is 4. The molecular weight excluding hydrogens is 708 g/mol. The number of unbranched alkanes of at least 4 members (excludes halogenated alkanes) is 14. The van der Waals surface area contributed by atoms with E-state index >= 15 is 0 Å². The van der Waals surface area contributed by atoms with Crippen LogP contribution in [0.15, 0.2) is 48.1 Å². The maximum absolute atomic E-state index is 13.2. The van der Waals surface area contributed by atoms with Crippen molar-refractivity contribution in [1.29, 1.82) is 0 Å². The molecule has 2 unspecified atom stereocenters. The first-order valence-corrected chi connectivity index (χ1v) is 23.2. The average molecular weight is 788 g/mol. The number of aliphatic carboxylic acids is 1. The predicted octanol–water partition coefficient (Wildman–Crippen LogP) is 12.7. The summed E-state index contributed by atoms with van der Waals surface area (Å²) >= 11 is 6.70. The van der Waals surface area contributed by atoms with Crippen LogP contribution in [-0.4, -0.2) is 50.9 Å². The normalized spacial score (nSPS) is 26.0. The van der Waals surface area contributed by atoms with E-state index < -0.39 is 17.5 Å². The van der Waals surface area contributed by atoms with Gasteiger partial charge >= 0.3 is 11.9 Å². The number of rotatable bonds is 30. The van der Waals surface area contributed by atoms with Gasteiger partial charge in [0.1, 0.15) is 6.10 Å². The first kappa shape index (κ1) is 47.5. The SMILES string of the molecule is CCCCCCCCCCCCCCCCC1(C(CC)OC(=O)CCC/C=C\C[C@@H]2[C@@H](/C=C/C[C@H](O)C3(CC)CCC3)[C@H](O)C[C@H]2Cl)C=CC=C(C(=O)O)C1. The molecule has 0 bridgehead atoms. The van der Waals surface area contributed by atoms with Gasteiger partial charge in [0, 0.05) is 28.7 Å². The molecule has 2 saturated carbocycles. The van der Waals surface area contributed by atoms with Crippen molar-refractivity contribution >= 4 is 23.5 Å². The van der Waals surface area contributed by atoms with E-state index in [0.29, 0.717) is 44.1 Å². The number of hydrogen-bond donors (Lipinski definition) is 3. The Morgan fingerprint density at radius 2 is 1.55 bits per heavy atom. The highest BCUT2D eigenvalue weighted by atomic mass is 35.5. The monoisotopic (exact) mass is 787 g/mol. The number of carboxylic acid groups (broad SMARTS) is 1. The molecule has 0 aromatic rings. The van der Waals surface area contributed by atoms with Crippen LogP contribution >= 0.6 is 11.6 Å². The third kappa shape index (κ3) is 15.8. The minimum Gasteiger partial charge on any atom is -0.478 e. The molecule has 314 valence electrons. The molecule has 2 fully saturated rings. The van der Waals surface area contributed by atoms with Gasteiger partial charge in [0.2, 0.25) is 0 Å². The highest BCUT2D eigenvalue weighted by Gasteiger charge is 2.43. The zero-order valence-electron chi connectivity index (χ0n) is 35.0. The van der Waals surface area contributed by atoms with Crippen molar-refractivity contribution in [1.82, 2.24) is 0 Å². The van der Waals surface area contributed by atoms with E-state index in [4.69, 9.17) is 16.3 Å². The summed E-state index contributed by atoms with van der Waals surface area (Å²) in [5, 5.41) is 31.3. The number of hydrogen-bond acceptors (Lipinski definition) is 5. The van der Waals surface area contributed by atoms with Gasteiger partial charge in [-0.05, 0) is 82.0 Å². The van der Waals surface area contributed by atoms with Gasteiger partial charge in [-0.25, -0.2) is 4.79 Å². The van der Waals surface area contributed by atoms with Crippen LogP contribution < -0.4 is 0 Å². The zero-order valence-corrected chi connectivity index (χ0v) is 35.8. The third-order valence-electron chi connectivity index (χ3n) is 13.5. The van der Waals surface area contributed by atoms with E-state index in [1.54, 1.807) is 6.08 Å². The van der Waals surface area contributed by atoms with Crippen LogP contribution in [0, 0.1) is 22.7 Å². The maximum Gasteiger partial charge on any atom is 0.331 e. The molecule has 0 heterocycles. The highest BCUT2D eigenvalue weighted by molar-refractivity contribution is 6.21. The molecule has 3 aliphatic rings.